The summed E-state index contributed by atoms with van der Waals surface area (Å²) in [6.45, 7) is 0.633. The predicted molar refractivity (Wildman–Crippen MR) is 125 cm³/mol. The summed E-state index contributed by atoms with van der Waals surface area (Å²) >= 11 is 0. The van der Waals surface area contributed by atoms with Crippen LogP contribution in [-0.4, -0.2) is 27.4 Å². The molecule has 5 rings (SSSR count). The molecule has 0 atom stereocenters. The van der Waals surface area contributed by atoms with E-state index in [2.05, 4.69) is 50.6 Å². The Morgan fingerprint density at radius 1 is 0.903 bits per heavy atom. The summed E-state index contributed by atoms with van der Waals surface area (Å²) in [5.41, 5.74) is 6.58. The molecule has 0 unspecified atom stereocenters. The van der Waals surface area contributed by atoms with Gasteiger partial charge in [0.1, 0.15) is 5.65 Å². The van der Waals surface area contributed by atoms with Crippen molar-refractivity contribution in [2.24, 2.45) is 0 Å². The average molecular weight is 409 g/mol. The van der Waals surface area contributed by atoms with E-state index in [1.54, 1.807) is 0 Å². The molecule has 0 aliphatic rings. The number of carbonyl (C=O) groups excluding carboxylic acids is 1. The van der Waals surface area contributed by atoms with Gasteiger partial charge in [-0.25, -0.2) is 4.98 Å². The molecule has 0 fully saturated rings. The van der Waals surface area contributed by atoms with E-state index in [9.17, 15) is 4.79 Å². The number of hydrogen-bond acceptors (Lipinski definition) is 2. The average Bonchev–Trinajstić information content (AvgIpc) is 3.42. The summed E-state index contributed by atoms with van der Waals surface area (Å²) in [7, 11) is 0. The molecule has 1 amide bonds. The van der Waals surface area contributed by atoms with Gasteiger partial charge in [0.05, 0.1) is 0 Å². The van der Waals surface area contributed by atoms with Crippen LogP contribution in [0.5, 0.6) is 0 Å². The summed E-state index contributed by atoms with van der Waals surface area (Å²) in [5, 5.41) is 5.35. The van der Waals surface area contributed by atoms with Gasteiger partial charge in [-0.15, -0.1) is 0 Å². The highest BCUT2D eigenvalue weighted by Crippen LogP contribution is 2.28. The zero-order valence-corrected chi connectivity index (χ0v) is 17.2. The van der Waals surface area contributed by atoms with Gasteiger partial charge in [0.15, 0.2) is 0 Å². The molecule has 31 heavy (non-hydrogen) atoms. The third kappa shape index (κ3) is 4.08. The zero-order chi connectivity index (χ0) is 21.0. The van der Waals surface area contributed by atoms with Crippen LogP contribution in [0.25, 0.3) is 33.1 Å². The van der Waals surface area contributed by atoms with Crippen LogP contribution in [0.4, 0.5) is 0 Å². The lowest BCUT2D eigenvalue weighted by molar-refractivity contribution is -0.121. The molecule has 0 bridgehead atoms. The number of amides is 1. The summed E-state index contributed by atoms with van der Waals surface area (Å²) in [4.78, 5) is 23.4. The number of carbonyl (C=O) groups is 1. The molecule has 0 saturated carbocycles. The van der Waals surface area contributed by atoms with Crippen molar-refractivity contribution in [2.45, 2.75) is 19.3 Å². The van der Waals surface area contributed by atoms with Crippen molar-refractivity contribution in [3.63, 3.8) is 0 Å². The van der Waals surface area contributed by atoms with E-state index < -0.39 is 0 Å². The van der Waals surface area contributed by atoms with Crippen LogP contribution in [0, 0.1) is 0 Å². The molecule has 0 saturated heterocycles. The lowest BCUT2D eigenvalue weighted by atomic mass is 10.0. The summed E-state index contributed by atoms with van der Waals surface area (Å²) in [6.07, 6.45) is 7.81. The third-order valence-electron chi connectivity index (χ3n) is 5.70. The van der Waals surface area contributed by atoms with Crippen LogP contribution in [0.1, 0.15) is 17.5 Å². The van der Waals surface area contributed by atoms with Crippen LogP contribution < -0.4 is 5.32 Å². The van der Waals surface area contributed by atoms with Crippen molar-refractivity contribution in [3.8, 4) is 11.1 Å². The topological polar surface area (TPSA) is 73.6 Å². The van der Waals surface area contributed by atoms with Crippen LogP contribution in [0.15, 0.2) is 79.3 Å². The first-order valence-corrected chi connectivity index (χ1v) is 10.6. The SMILES string of the molecule is O=C(CCc1cnc2[nH]cc(-c3ccccc3)c2c1)NCCc1c[nH]c2ccccc12. The van der Waals surface area contributed by atoms with Gasteiger partial charge in [-0.1, -0.05) is 48.5 Å². The molecular formula is C26H24N4O. The Morgan fingerprint density at radius 2 is 1.74 bits per heavy atom. The van der Waals surface area contributed by atoms with E-state index in [0.717, 1.165) is 39.7 Å². The quantitative estimate of drug-likeness (QED) is 0.354. The van der Waals surface area contributed by atoms with E-state index in [4.69, 9.17) is 0 Å². The Kier molecular flexibility index (Phi) is 5.23. The van der Waals surface area contributed by atoms with Crippen molar-refractivity contribution >= 4 is 27.8 Å². The Balaban J connectivity index is 1.19. The molecule has 3 N–H and O–H groups in total. The Bertz CT molecular complexity index is 1330. The van der Waals surface area contributed by atoms with Gasteiger partial charge in [-0.2, -0.15) is 0 Å². The van der Waals surface area contributed by atoms with E-state index in [1.165, 1.54) is 10.9 Å². The van der Waals surface area contributed by atoms with Gasteiger partial charge in [-0.05, 0) is 41.7 Å². The summed E-state index contributed by atoms with van der Waals surface area (Å²) < 4.78 is 0. The second-order valence-electron chi connectivity index (χ2n) is 7.77. The van der Waals surface area contributed by atoms with Gasteiger partial charge in [0, 0.05) is 53.4 Å². The molecule has 0 aliphatic carbocycles. The molecule has 5 heteroatoms. The van der Waals surface area contributed by atoms with Crippen molar-refractivity contribution in [1.82, 2.24) is 20.3 Å². The van der Waals surface area contributed by atoms with Crippen LogP contribution in [0.2, 0.25) is 0 Å². The van der Waals surface area contributed by atoms with E-state index in [1.807, 2.05) is 48.9 Å². The van der Waals surface area contributed by atoms with Crippen molar-refractivity contribution in [1.29, 1.82) is 0 Å². The van der Waals surface area contributed by atoms with Crippen LogP contribution >= 0.6 is 0 Å². The molecule has 5 nitrogen and oxygen atoms in total. The highest BCUT2D eigenvalue weighted by molar-refractivity contribution is 5.93. The molecule has 2 aromatic carbocycles. The minimum absolute atomic E-state index is 0.0669. The number of aromatic nitrogens is 3. The van der Waals surface area contributed by atoms with E-state index >= 15 is 0 Å². The number of aromatic amines is 2. The predicted octanol–water partition coefficient (Wildman–Crippen LogP) is 5.00. The fourth-order valence-electron chi connectivity index (χ4n) is 4.06. The number of benzene rings is 2. The fourth-order valence-corrected chi connectivity index (χ4v) is 4.06. The number of hydrogen-bond donors (Lipinski definition) is 3. The highest BCUT2D eigenvalue weighted by Gasteiger charge is 2.09. The molecule has 5 aromatic rings. The normalized spacial score (nSPS) is 11.2. The summed E-state index contributed by atoms with van der Waals surface area (Å²) in [6, 6.07) is 20.6. The lowest BCUT2D eigenvalue weighted by Gasteiger charge is -2.06. The lowest BCUT2D eigenvalue weighted by Crippen LogP contribution is -2.25. The molecule has 3 heterocycles. The van der Waals surface area contributed by atoms with Crippen LogP contribution in [0.3, 0.4) is 0 Å². The van der Waals surface area contributed by atoms with Gasteiger partial charge < -0.3 is 15.3 Å². The monoisotopic (exact) mass is 408 g/mol. The first-order valence-electron chi connectivity index (χ1n) is 10.6. The van der Waals surface area contributed by atoms with E-state index in [0.29, 0.717) is 19.4 Å². The minimum atomic E-state index is 0.0669. The van der Waals surface area contributed by atoms with Gasteiger partial charge in [-0.3, -0.25) is 4.79 Å². The number of para-hydroxylation sites is 1. The van der Waals surface area contributed by atoms with Crippen molar-refractivity contribution in [2.75, 3.05) is 6.54 Å². The number of rotatable bonds is 7. The van der Waals surface area contributed by atoms with E-state index in [-0.39, 0.29) is 5.91 Å². The Morgan fingerprint density at radius 3 is 2.65 bits per heavy atom. The first kappa shape index (κ1) is 19.1. The number of nitrogens with zero attached hydrogens (tertiary/aromatic N) is 1. The molecule has 0 spiro atoms. The molecule has 3 aromatic heterocycles. The molecule has 0 aliphatic heterocycles. The van der Waals surface area contributed by atoms with Crippen molar-refractivity contribution < 1.29 is 4.79 Å². The van der Waals surface area contributed by atoms with Gasteiger partial charge in [0.25, 0.3) is 0 Å². The molecular weight excluding hydrogens is 384 g/mol. The largest absolute Gasteiger partial charge is 0.361 e. The number of fused-ring (bicyclic) bond motifs is 2. The maximum Gasteiger partial charge on any atom is 0.220 e. The second-order valence-corrected chi connectivity index (χ2v) is 7.77. The maximum absolute atomic E-state index is 12.4. The second kappa shape index (κ2) is 8.48. The summed E-state index contributed by atoms with van der Waals surface area (Å²) in [5.74, 6) is 0.0669. The first-order chi connectivity index (χ1) is 15.3. The third-order valence-corrected chi connectivity index (χ3v) is 5.70. The van der Waals surface area contributed by atoms with Gasteiger partial charge >= 0.3 is 0 Å². The molecule has 154 valence electrons. The molecule has 0 radical (unpaired) electrons. The fraction of sp³-hybridized carbons (Fsp3) is 0.154. The number of pyridine rings is 1. The van der Waals surface area contributed by atoms with Crippen LogP contribution in [-0.2, 0) is 17.6 Å². The van der Waals surface area contributed by atoms with Gasteiger partial charge in [0.2, 0.25) is 5.91 Å². The Labute approximate surface area is 180 Å². The number of nitrogens with one attached hydrogen (secondary N) is 3. The highest BCUT2D eigenvalue weighted by atomic mass is 16.1. The standard InChI is InChI=1S/C26H24N4O/c31-25(27-13-12-20-16-28-24-9-5-4-8-21(20)24)11-10-18-14-22-23(17-30-26(22)29-15-18)19-6-2-1-3-7-19/h1-9,14-17,28H,10-13H2,(H,27,31)(H,29,30). The number of aryl methyl sites for hydroxylation is 1. The minimum Gasteiger partial charge on any atom is -0.361 e. The number of H-pyrrole nitrogens is 2. The van der Waals surface area contributed by atoms with Crippen molar-refractivity contribution in [3.05, 3.63) is 90.4 Å². The zero-order valence-electron chi connectivity index (χ0n) is 17.2. The maximum atomic E-state index is 12.4. The smallest absolute Gasteiger partial charge is 0.220 e. The Hall–Kier alpha value is -3.86.